The maximum Gasteiger partial charge on any atom is 0.244 e. The third-order valence-electron chi connectivity index (χ3n) is 4.93. The first-order valence-electron chi connectivity index (χ1n) is 9.38. The second-order valence-electron chi connectivity index (χ2n) is 6.80. The van der Waals surface area contributed by atoms with Crippen LogP contribution in [-0.4, -0.2) is 12.4 Å². The van der Waals surface area contributed by atoms with Gasteiger partial charge in [-0.15, -0.1) is 0 Å². The molecule has 0 N–H and O–H groups in total. The van der Waals surface area contributed by atoms with E-state index in [9.17, 15) is 0 Å². The fraction of sp³-hybridized carbons (Fsp3) is 0.348. The highest BCUT2D eigenvalue weighted by molar-refractivity contribution is 6.18. The number of rotatable bonds is 9. The average molecular weight is 331 g/mol. The van der Waals surface area contributed by atoms with Crippen molar-refractivity contribution in [1.82, 2.24) is 0 Å². The van der Waals surface area contributed by atoms with Gasteiger partial charge in [0.25, 0.3) is 0 Å². The molecule has 0 amide bonds. The number of benzene rings is 2. The highest BCUT2D eigenvalue weighted by Crippen LogP contribution is 2.35. The molecule has 1 atom stereocenters. The van der Waals surface area contributed by atoms with E-state index in [0.717, 1.165) is 25.4 Å². The van der Waals surface area contributed by atoms with Gasteiger partial charge in [-0.05, 0) is 36.3 Å². The van der Waals surface area contributed by atoms with Crippen LogP contribution in [0, 0.1) is 18.0 Å². The molecule has 0 saturated heterocycles. The van der Waals surface area contributed by atoms with Gasteiger partial charge < -0.3 is 0 Å². The Morgan fingerprint density at radius 3 is 1.80 bits per heavy atom. The van der Waals surface area contributed by atoms with Crippen LogP contribution in [0.1, 0.15) is 37.3 Å². The smallest absolute Gasteiger partial charge is 0.0965 e. The van der Waals surface area contributed by atoms with Crippen LogP contribution < -0.4 is 0 Å². The van der Waals surface area contributed by atoms with Crippen LogP contribution >= 0.6 is 0 Å². The van der Waals surface area contributed by atoms with E-state index < -0.39 is 0 Å². The molecule has 2 heteroatoms. The minimum Gasteiger partial charge on any atom is -0.0965 e. The van der Waals surface area contributed by atoms with Crippen LogP contribution in [0.3, 0.4) is 0 Å². The summed E-state index contributed by atoms with van der Waals surface area (Å²) in [7, 11) is 0. The minimum atomic E-state index is 0.412. The summed E-state index contributed by atoms with van der Waals surface area (Å²) in [5.41, 5.74) is 2.80. The topological polar surface area (TPSA) is 24.7 Å². The number of nitrogens with zero attached hydrogens (tertiary/aromatic N) is 2. The SMILES string of the molecule is CCCCC([C+]1N=CC=N1)C(Cc1ccccc1)Cc1ccccc1. The quantitative estimate of drug-likeness (QED) is 0.539. The summed E-state index contributed by atoms with van der Waals surface area (Å²) in [5.74, 6) is 0.925. The summed E-state index contributed by atoms with van der Waals surface area (Å²) in [6.45, 7) is 2.26. The molecule has 0 aliphatic carbocycles. The standard InChI is InChI=1S/C23H27N2/c1-2-3-14-22(23-24-15-16-25-23)21(17-19-10-6-4-7-11-19)18-20-12-8-5-9-13-20/h4-13,15-16,21-22H,2-3,14,17-18H2,1H3/q+1. The summed E-state index contributed by atoms with van der Waals surface area (Å²) in [6.07, 6.45) is 10.4. The van der Waals surface area contributed by atoms with Crippen LogP contribution in [0.5, 0.6) is 0 Å². The second kappa shape index (κ2) is 9.22. The number of hydrogen-bond acceptors (Lipinski definition) is 2. The normalized spacial score (nSPS) is 14.4. The molecule has 3 rings (SSSR count). The third kappa shape index (κ3) is 5.06. The maximum atomic E-state index is 4.56. The van der Waals surface area contributed by atoms with Gasteiger partial charge >= 0.3 is 0 Å². The number of unbranched alkanes of at least 4 members (excludes halogenated alkanes) is 1. The molecule has 1 aliphatic rings. The molecule has 1 aliphatic heterocycles. The van der Waals surface area contributed by atoms with E-state index in [0.29, 0.717) is 11.8 Å². The van der Waals surface area contributed by atoms with Crippen molar-refractivity contribution in [2.75, 3.05) is 0 Å². The van der Waals surface area contributed by atoms with Gasteiger partial charge in [0.1, 0.15) is 0 Å². The Labute approximate surface area is 151 Å². The molecule has 0 bridgehead atoms. The Morgan fingerprint density at radius 2 is 1.32 bits per heavy atom. The van der Waals surface area contributed by atoms with E-state index in [2.05, 4.69) is 77.6 Å². The van der Waals surface area contributed by atoms with Crippen LogP contribution in [0.25, 0.3) is 0 Å². The van der Waals surface area contributed by atoms with Gasteiger partial charge in [-0.25, -0.2) is 0 Å². The summed E-state index contributed by atoms with van der Waals surface area (Å²) in [4.78, 5) is 9.13. The molecule has 128 valence electrons. The molecule has 2 aromatic carbocycles. The molecule has 2 aromatic rings. The minimum absolute atomic E-state index is 0.412. The van der Waals surface area contributed by atoms with Crippen LogP contribution in [0.15, 0.2) is 70.6 Å². The van der Waals surface area contributed by atoms with Crippen molar-refractivity contribution in [2.24, 2.45) is 21.8 Å². The van der Waals surface area contributed by atoms with E-state index in [-0.39, 0.29) is 0 Å². The Kier molecular flexibility index (Phi) is 6.44. The lowest BCUT2D eigenvalue weighted by molar-refractivity contribution is 0.309. The second-order valence-corrected chi connectivity index (χ2v) is 6.80. The Balaban J connectivity index is 1.83. The molecule has 0 fully saturated rings. The van der Waals surface area contributed by atoms with Crippen LogP contribution in [-0.2, 0) is 12.8 Å². The van der Waals surface area contributed by atoms with Crippen LogP contribution in [0.4, 0.5) is 0 Å². The van der Waals surface area contributed by atoms with Crippen molar-refractivity contribution >= 4 is 12.4 Å². The molecular weight excluding hydrogens is 304 g/mol. The van der Waals surface area contributed by atoms with Gasteiger partial charge in [0.15, 0.2) is 12.4 Å². The van der Waals surface area contributed by atoms with Crippen molar-refractivity contribution in [3.63, 3.8) is 0 Å². The Hall–Kier alpha value is -2.35. The fourth-order valence-electron chi connectivity index (χ4n) is 3.63. The molecule has 1 heterocycles. The van der Waals surface area contributed by atoms with E-state index >= 15 is 0 Å². The number of aliphatic imine (C=N–C) groups is 2. The predicted molar refractivity (Wildman–Crippen MR) is 107 cm³/mol. The zero-order valence-corrected chi connectivity index (χ0v) is 15.0. The highest BCUT2D eigenvalue weighted by atomic mass is 15.0. The molecule has 25 heavy (non-hydrogen) atoms. The summed E-state index contributed by atoms with van der Waals surface area (Å²) in [6, 6.07) is 21.7. The lowest BCUT2D eigenvalue weighted by Crippen LogP contribution is -2.24. The largest absolute Gasteiger partial charge is 0.244 e. The summed E-state index contributed by atoms with van der Waals surface area (Å²) in [5, 5.41) is 0. The third-order valence-corrected chi connectivity index (χ3v) is 4.93. The monoisotopic (exact) mass is 331 g/mol. The lowest BCUT2D eigenvalue weighted by atomic mass is 9.78. The van der Waals surface area contributed by atoms with Crippen LogP contribution in [0.2, 0.25) is 0 Å². The van der Waals surface area contributed by atoms with Crippen molar-refractivity contribution in [3.05, 3.63) is 78.0 Å². The van der Waals surface area contributed by atoms with Gasteiger partial charge in [-0.2, -0.15) is 0 Å². The van der Waals surface area contributed by atoms with Gasteiger partial charge in [-0.3, -0.25) is 0 Å². The molecule has 0 saturated carbocycles. The van der Waals surface area contributed by atoms with Crippen molar-refractivity contribution in [3.8, 4) is 0 Å². The van der Waals surface area contributed by atoms with Crippen molar-refractivity contribution in [1.29, 1.82) is 0 Å². The predicted octanol–water partition coefficient (Wildman–Crippen LogP) is 5.54. The first kappa shape index (κ1) is 17.5. The first-order valence-corrected chi connectivity index (χ1v) is 9.38. The van der Waals surface area contributed by atoms with Gasteiger partial charge in [0, 0.05) is 0 Å². The zero-order chi connectivity index (χ0) is 17.3. The fourth-order valence-corrected chi connectivity index (χ4v) is 3.63. The molecule has 2 nitrogen and oxygen atoms in total. The lowest BCUT2D eigenvalue weighted by Gasteiger charge is -2.26. The van der Waals surface area contributed by atoms with E-state index in [4.69, 9.17) is 0 Å². The van der Waals surface area contributed by atoms with E-state index in [1.165, 1.54) is 24.0 Å². The zero-order valence-electron chi connectivity index (χ0n) is 15.0. The highest BCUT2D eigenvalue weighted by Gasteiger charge is 2.35. The summed E-state index contributed by atoms with van der Waals surface area (Å²) < 4.78 is 0. The molecule has 1 unspecified atom stereocenters. The molecule has 0 spiro atoms. The van der Waals surface area contributed by atoms with Crippen molar-refractivity contribution < 1.29 is 0 Å². The Morgan fingerprint density at radius 1 is 0.800 bits per heavy atom. The van der Waals surface area contributed by atoms with Gasteiger partial charge in [0.2, 0.25) is 6.17 Å². The average Bonchev–Trinajstić information content (AvgIpc) is 3.18. The summed E-state index contributed by atoms with van der Waals surface area (Å²) >= 11 is 0. The molecular formula is C23H27N2+. The van der Waals surface area contributed by atoms with E-state index in [1.54, 1.807) is 0 Å². The van der Waals surface area contributed by atoms with Gasteiger partial charge in [0.05, 0.1) is 5.92 Å². The number of hydrogen-bond donors (Lipinski definition) is 0. The van der Waals surface area contributed by atoms with Crippen molar-refractivity contribution in [2.45, 2.75) is 39.0 Å². The maximum absolute atomic E-state index is 4.56. The molecule has 0 aromatic heterocycles. The first-order chi connectivity index (χ1) is 12.4. The van der Waals surface area contributed by atoms with E-state index in [1.807, 2.05) is 12.4 Å². The molecule has 0 radical (unpaired) electrons. The van der Waals surface area contributed by atoms with Gasteiger partial charge in [-0.1, -0.05) is 90.4 Å². The Bertz CT molecular complexity index is 622.